The summed E-state index contributed by atoms with van der Waals surface area (Å²) in [4.78, 5) is 4.45. The van der Waals surface area contributed by atoms with Crippen molar-refractivity contribution in [3.63, 3.8) is 0 Å². The molecule has 0 aliphatic heterocycles. The van der Waals surface area contributed by atoms with E-state index in [-0.39, 0.29) is 4.90 Å². The molecule has 3 heterocycles. The standard InChI is InChI=1S/C22H20N4O2S/c1-3-26-21-7-5-17(13-18(21)19-14-23-10-8-22(19)26)29(27,28)24-16-4-6-20-15(12-16)9-11-25(20)2/h4-14,24H,3H2,1-2H3. The molecule has 0 bridgehead atoms. The summed E-state index contributed by atoms with van der Waals surface area (Å²) in [6, 6.07) is 14.7. The highest BCUT2D eigenvalue weighted by molar-refractivity contribution is 7.92. The van der Waals surface area contributed by atoms with Crippen molar-refractivity contribution in [3.05, 3.63) is 67.1 Å². The first-order chi connectivity index (χ1) is 14.0. The van der Waals surface area contributed by atoms with E-state index in [4.69, 9.17) is 0 Å². The van der Waals surface area contributed by atoms with Crippen LogP contribution in [0.5, 0.6) is 0 Å². The smallest absolute Gasteiger partial charge is 0.261 e. The molecule has 2 aromatic carbocycles. The number of anilines is 1. The number of sulfonamides is 1. The molecule has 0 atom stereocenters. The van der Waals surface area contributed by atoms with Crippen molar-refractivity contribution in [2.75, 3.05) is 4.72 Å². The van der Waals surface area contributed by atoms with Gasteiger partial charge in [0.2, 0.25) is 0 Å². The highest BCUT2D eigenvalue weighted by Crippen LogP contribution is 2.31. The monoisotopic (exact) mass is 404 g/mol. The zero-order valence-electron chi connectivity index (χ0n) is 16.1. The molecule has 1 N–H and O–H groups in total. The number of hydrogen-bond donors (Lipinski definition) is 1. The quantitative estimate of drug-likeness (QED) is 0.479. The van der Waals surface area contributed by atoms with Crippen LogP contribution in [0.3, 0.4) is 0 Å². The van der Waals surface area contributed by atoms with Crippen LogP contribution in [0.15, 0.2) is 72.0 Å². The maximum Gasteiger partial charge on any atom is 0.261 e. The minimum Gasteiger partial charge on any atom is -0.351 e. The molecule has 146 valence electrons. The van der Waals surface area contributed by atoms with Crippen LogP contribution >= 0.6 is 0 Å². The molecule has 29 heavy (non-hydrogen) atoms. The van der Waals surface area contributed by atoms with Crippen molar-refractivity contribution < 1.29 is 8.42 Å². The van der Waals surface area contributed by atoms with Gasteiger partial charge in [-0.3, -0.25) is 9.71 Å². The van der Waals surface area contributed by atoms with Gasteiger partial charge in [0.15, 0.2) is 0 Å². The summed E-state index contributed by atoms with van der Waals surface area (Å²) >= 11 is 0. The summed E-state index contributed by atoms with van der Waals surface area (Å²) in [5.41, 5.74) is 3.64. The maximum atomic E-state index is 13.1. The Morgan fingerprint density at radius 3 is 2.59 bits per heavy atom. The van der Waals surface area contributed by atoms with Gasteiger partial charge in [0.05, 0.1) is 10.4 Å². The van der Waals surface area contributed by atoms with Crippen molar-refractivity contribution >= 4 is 48.4 Å². The first kappa shape index (κ1) is 17.8. The second-order valence-electron chi connectivity index (χ2n) is 7.12. The molecule has 5 rings (SSSR count). The Morgan fingerprint density at radius 1 is 0.966 bits per heavy atom. The average Bonchev–Trinajstić information content (AvgIpc) is 3.24. The van der Waals surface area contributed by atoms with Crippen LogP contribution in [0.1, 0.15) is 6.92 Å². The Morgan fingerprint density at radius 2 is 1.76 bits per heavy atom. The fourth-order valence-corrected chi connectivity index (χ4v) is 5.07. The van der Waals surface area contributed by atoms with Crippen LogP contribution in [-0.2, 0) is 23.6 Å². The molecule has 0 spiro atoms. The highest BCUT2D eigenvalue weighted by atomic mass is 32.2. The van der Waals surface area contributed by atoms with Gasteiger partial charge in [0.1, 0.15) is 0 Å². The summed E-state index contributed by atoms with van der Waals surface area (Å²) in [6.45, 7) is 2.87. The first-order valence-corrected chi connectivity index (χ1v) is 10.9. The van der Waals surface area contributed by atoms with Crippen LogP contribution in [0.4, 0.5) is 5.69 Å². The molecule has 0 radical (unpaired) electrons. The number of benzene rings is 2. The molecule has 0 saturated carbocycles. The third-order valence-electron chi connectivity index (χ3n) is 5.40. The Hall–Kier alpha value is -3.32. The predicted octanol–water partition coefficient (Wildman–Crippen LogP) is 4.50. The van der Waals surface area contributed by atoms with Gasteiger partial charge in [0, 0.05) is 65.1 Å². The Balaban J connectivity index is 1.60. The number of pyridine rings is 1. The molecule has 0 unspecified atom stereocenters. The summed E-state index contributed by atoms with van der Waals surface area (Å²) in [5, 5.41) is 2.82. The second kappa shape index (κ2) is 6.35. The van der Waals surface area contributed by atoms with Crippen LogP contribution in [0.2, 0.25) is 0 Å². The Kier molecular flexibility index (Phi) is 3.89. The van der Waals surface area contributed by atoms with E-state index in [0.717, 1.165) is 39.3 Å². The molecule has 0 amide bonds. The van der Waals surface area contributed by atoms with Crippen LogP contribution in [0.25, 0.3) is 32.7 Å². The van der Waals surface area contributed by atoms with Crippen molar-refractivity contribution in [3.8, 4) is 0 Å². The van der Waals surface area contributed by atoms with Gasteiger partial charge in [-0.05, 0) is 55.5 Å². The van der Waals surface area contributed by atoms with Crippen molar-refractivity contribution in [1.82, 2.24) is 14.1 Å². The van der Waals surface area contributed by atoms with Gasteiger partial charge in [0.25, 0.3) is 10.0 Å². The van der Waals surface area contributed by atoms with Crippen molar-refractivity contribution in [2.45, 2.75) is 18.4 Å². The fraction of sp³-hybridized carbons (Fsp3) is 0.136. The van der Waals surface area contributed by atoms with Crippen LogP contribution in [0, 0.1) is 0 Å². The minimum absolute atomic E-state index is 0.233. The topological polar surface area (TPSA) is 68.9 Å². The maximum absolute atomic E-state index is 13.1. The van der Waals surface area contributed by atoms with E-state index in [1.54, 1.807) is 30.6 Å². The van der Waals surface area contributed by atoms with Crippen LogP contribution < -0.4 is 4.72 Å². The van der Waals surface area contributed by atoms with Gasteiger partial charge >= 0.3 is 0 Å². The lowest BCUT2D eigenvalue weighted by molar-refractivity contribution is 0.601. The number of fused-ring (bicyclic) bond motifs is 4. The molecule has 5 aromatic rings. The number of nitrogens with one attached hydrogen (secondary N) is 1. The predicted molar refractivity (Wildman–Crippen MR) is 117 cm³/mol. The van der Waals surface area contributed by atoms with Crippen LogP contribution in [-0.4, -0.2) is 22.5 Å². The molecular formula is C22H20N4O2S. The zero-order valence-corrected chi connectivity index (χ0v) is 16.9. The highest BCUT2D eigenvalue weighted by Gasteiger charge is 2.18. The molecule has 0 aliphatic rings. The molecule has 3 aromatic heterocycles. The SMILES string of the molecule is CCn1c2ccncc2c2cc(S(=O)(=O)Nc3ccc4c(ccn4C)c3)ccc21. The minimum atomic E-state index is -3.72. The lowest BCUT2D eigenvalue weighted by Crippen LogP contribution is -2.12. The second-order valence-corrected chi connectivity index (χ2v) is 8.80. The third kappa shape index (κ3) is 2.77. The number of aryl methyl sites for hydroxylation is 2. The molecule has 0 fully saturated rings. The van der Waals surface area contributed by atoms with E-state index in [0.29, 0.717) is 5.69 Å². The number of hydrogen-bond acceptors (Lipinski definition) is 3. The summed E-state index contributed by atoms with van der Waals surface area (Å²) in [7, 11) is -1.76. The molecule has 6 nitrogen and oxygen atoms in total. The van der Waals surface area contributed by atoms with Crippen molar-refractivity contribution in [2.24, 2.45) is 7.05 Å². The van der Waals surface area contributed by atoms with Gasteiger partial charge in [-0.2, -0.15) is 0 Å². The first-order valence-electron chi connectivity index (χ1n) is 9.42. The van der Waals surface area contributed by atoms with Gasteiger partial charge in [-0.25, -0.2) is 8.42 Å². The third-order valence-corrected chi connectivity index (χ3v) is 6.78. The van der Waals surface area contributed by atoms with Crippen molar-refractivity contribution in [1.29, 1.82) is 0 Å². The molecule has 0 aliphatic carbocycles. The Bertz CT molecular complexity index is 1500. The van der Waals surface area contributed by atoms with Gasteiger partial charge in [-0.15, -0.1) is 0 Å². The number of nitrogens with zero attached hydrogens (tertiary/aromatic N) is 3. The number of rotatable bonds is 4. The van der Waals surface area contributed by atoms with E-state index in [2.05, 4.69) is 21.2 Å². The van der Waals surface area contributed by atoms with E-state index < -0.39 is 10.0 Å². The van der Waals surface area contributed by atoms with E-state index in [1.807, 2.05) is 48.1 Å². The normalized spacial score (nSPS) is 12.2. The zero-order chi connectivity index (χ0) is 20.2. The molecule has 0 saturated heterocycles. The molecular weight excluding hydrogens is 384 g/mol. The largest absolute Gasteiger partial charge is 0.351 e. The van der Waals surface area contributed by atoms with E-state index in [1.165, 1.54) is 0 Å². The summed E-state index contributed by atoms with van der Waals surface area (Å²) in [6.07, 6.45) is 5.50. The molecule has 7 heteroatoms. The average molecular weight is 404 g/mol. The number of aromatic nitrogens is 3. The fourth-order valence-electron chi connectivity index (χ4n) is 3.99. The lowest BCUT2D eigenvalue weighted by atomic mass is 10.2. The van der Waals surface area contributed by atoms with E-state index in [9.17, 15) is 8.42 Å². The van der Waals surface area contributed by atoms with Gasteiger partial charge < -0.3 is 9.13 Å². The Labute approximate surface area is 168 Å². The lowest BCUT2D eigenvalue weighted by Gasteiger charge is -2.09. The van der Waals surface area contributed by atoms with Gasteiger partial charge in [-0.1, -0.05) is 0 Å². The summed E-state index contributed by atoms with van der Waals surface area (Å²) < 4.78 is 33.0. The summed E-state index contributed by atoms with van der Waals surface area (Å²) in [5.74, 6) is 0. The van der Waals surface area contributed by atoms with E-state index >= 15 is 0 Å².